The maximum absolute atomic E-state index is 12.3. The third kappa shape index (κ3) is 1.36. The van der Waals surface area contributed by atoms with Gasteiger partial charge in [-0.15, -0.1) is 0 Å². The summed E-state index contributed by atoms with van der Waals surface area (Å²) >= 11 is 0. The molecule has 0 atom stereocenters. The highest BCUT2D eigenvalue weighted by Gasteiger charge is 2.37. The predicted molar refractivity (Wildman–Crippen MR) is 65.9 cm³/mol. The summed E-state index contributed by atoms with van der Waals surface area (Å²) in [5.41, 5.74) is 1.64. The SMILES string of the molecule is CN(C)N1C2=NCCN2C(=O)c2ccccc21. The Kier molecular flexibility index (Phi) is 2.16. The molecule has 0 saturated heterocycles. The van der Waals surface area contributed by atoms with Crippen molar-refractivity contribution < 1.29 is 4.79 Å². The third-order valence-corrected chi connectivity index (χ3v) is 3.02. The number of hydrazine groups is 1. The fourth-order valence-electron chi connectivity index (χ4n) is 2.30. The number of benzene rings is 1. The average molecular weight is 230 g/mol. The maximum atomic E-state index is 12.3. The number of hydrogen-bond acceptors (Lipinski definition) is 4. The van der Waals surface area contributed by atoms with Gasteiger partial charge in [-0.1, -0.05) is 12.1 Å². The topological polar surface area (TPSA) is 39.1 Å². The Balaban J connectivity index is 2.20. The molecule has 5 nitrogen and oxygen atoms in total. The molecule has 1 aromatic rings. The Morgan fingerprint density at radius 2 is 2.06 bits per heavy atom. The molecule has 0 aromatic heterocycles. The van der Waals surface area contributed by atoms with Crippen molar-refractivity contribution in [3.63, 3.8) is 0 Å². The van der Waals surface area contributed by atoms with Crippen LogP contribution in [0.5, 0.6) is 0 Å². The van der Waals surface area contributed by atoms with E-state index in [2.05, 4.69) is 4.99 Å². The van der Waals surface area contributed by atoms with Gasteiger partial charge < -0.3 is 0 Å². The molecule has 0 saturated carbocycles. The van der Waals surface area contributed by atoms with E-state index in [-0.39, 0.29) is 5.91 Å². The minimum atomic E-state index is 0.0509. The maximum Gasteiger partial charge on any atom is 0.262 e. The lowest BCUT2D eigenvalue weighted by molar-refractivity contribution is 0.0846. The summed E-state index contributed by atoms with van der Waals surface area (Å²) in [6.07, 6.45) is 0. The number of aliphatic imine (C=N–C) groups is 1. The summed E-state index contributed by atoms with van der Waals surface area (Å²) in [5.74, 6) is 0.786. The fraction of sp³-hybridized carbons (Fsp3) is 0.333. The number of carbonyl (C=O) groups is 1. The van der Waals surface area contributed by atoms with E-state index in [9.17, 15) is 4.79 Å². The van der Waals surface area contributed by atoms with E-state index >= 15 is 0 Å². The van der Waals surface area contributed by atoms with Crippen molar-refractivity contribution in [3.05, 3.63) is 29.8 Å². The number of amides is 1. The van der Waals surface area contributed by atoms with Crippen molar-refractivity contribution >= 4 is 17.6 Å². The number of rotatable bonds is 1. The van der Waals surface area contributed by atoms with Crippen LogP contribution in [0.1, 0.15) is 10.4 Å². The van der Waals surface area contributed by atoms with Crippen LogP contribution < -0.4 is 5.01 Å². The summed E-state index contributed by atoms with van der Waals surface area (Å²) in [5, 5.41) is 3.92. The number of guanidine groups is 1. The van der Waals surface area contributed by atoms with Crippen LogP contribution in [0.25, 0.3) is 0 Å². The van der Waals surface area contributed by atoms with Crippen molar-refractivity contribution in [1.29, 1.82) is 0 Å². The van der Waals surface area contributed by atoms with Gasteiger partial charge >= 0.3 is 0 Å². The van der Waals surface area contributed by atoms with E-state index in [0.29, 0.717) is 13.1 Å². The molecule has 1 amide bonds. The van der Waals surface area contributed by atoms with Gasteiger partial charge in [0.15, 0.2) is 0 Å². The van der Waals surface area contributed by atoms with Gasteiger partial charge in [-0.3, -0.25) is 9.69 Å². The molecular formula is C12H14N4O. The second-order valence-electron chi connectivity index (χ2n) is 4.31. The summed E-state index contributed by atoms with van der Waals surface area (Å²) in [6.45, 7) is 1.35. The van der Waals surface area contributed by atoms with Gasteiger partial charge in [-0.05, 0) is 12.1 Å². The van der Waals surface area contributed by atoms with E-state index in [1.807, 2.05) is 48.4 Å². The van der Waals surface area contributed by atoms with Crippen molar-refractivity contribution in [2.45, 2.75) is 0 Å². The van der Waals surface area contributed by atoms with Crippen molar-refractivity contribution in [3.8, 4) is 0 Å². The fourth-order valence-corrected chi connectivity index (χ4v) is 2.30. The predicted octanol–water partition coefficient (Wildman–Crippen LogP) is 0.795. The van der Waals surface area contributed by atoms with E-state index < -0.39 is 0 Å². The lowest BCUT2D eigenvalue weighted by atomic mass is 10.1. The highest BCUT2D eigenvalue weighted by atomic mass is 16.2. The van der Waals surface area contributed by atoms with Gasteiger partial charge in [0.1, 0.15) is 0 Å². The molecule has 0 N–H and O–H groups in total. The second kappa shape index (κ2) is 3.56. The zero-order valence-corrected chi connectivity index (χ0v) is 9.92. The van der Waals surface area contributed by atoms with Gasteiger partial charge in [0.25, 0.3) is 5.91 Å². The van der Waals surface area contributed by atoms with Gasteiger partial charge in [0.2, 0.25) is 5.96 Å². The molecule has 2 aliphatic rings. The summed E-state index contributed by atoms with van der Waals surface area (Å²) in [4.78, 5) is 18.4. The molecule has 2 heterocycles. The van der Waals surface area contributed by atoms with Crippen molar-refractivity contribution in [2.24, 2.45) is 4.99 Å². The molecular weight excluding hydrogens is 216 g/mol. The Morgan fingerprint density at radius 3 is 2.82 bits per heavy atom. The molecule has 0 spiro atoms. The molecule has 2 aliphatic heterocycles. The second-order valence-corrected chi connectivity index (χ2v) is 4.31. The lowest BCUT2D eigenvalue weighted by Gasteiger charge is -2.39. The van der Waals surface area contributed by atoms with Gasteiger partial charge in [-0.25, -0.2) is 15.0 Å². The zero-order valence-electron chi connectivity index (χ0n) is 9.92. The molecule has 0 radical (unpaired) electrons. The van der Waals surface area contributed by atoms with Crippen molar-refractivity contribution in [2.75, 3.05) is 32.2 Å². The Hall–Kier alpha value is -1.88. The number of nitrogens with zero attached hydrogens (tertiary/aromatic N) is 4. The monoisotopic (exact) mass is 230 g/mol. The summed E-state index contributed by atoms with van der Waals surface area (Å²) < 4.78 is 0. The highest BCUT2D eigenvalue weighted by molar-refractivity contribution is 6.18. The van der Waals surface area contributed by atoms with E-state index in [4.69, 9.17) is 0 Å². The summed E-state index contributed by atoms with van der Waals surface area (Å²) in [6, 6.07) is 7.64. The minimum Gasteiger partial charge on any atom is -0.275 e. The van der Waals surface area contributed by atoms with Gasteiger partial charge in [0.05, 0.1) is 17.8 Å². The van der Waals surface area contributed by atoms with Crippen LogP contribution in [0.3, 0.4) is 0 Å². The first-order chi connectivity index (χ1) is 8.20. The number of para-hydroxylation sites is 1. The molecule has 0 aliphatic carbocycles. The normalized spacial score (nSPS) is 18.3. The van der Waals surface area contributed by atoms with Crippen LogP contribution >= 0.6 is 0 Å². The van der Waals surface area contributed by atoms with Crippen LogP contribution in [0.4, 0.5) is 5.69 Å². The van der Waals surface area contributed by atoms with E-state index in [1.165, 1.54) is 0 Å². The molecule has 5 heteroatoms. The molecule has 3 rings (SSSR count). The number of carbonyl (C=O) groups excluding carboxylic acids is 1. The molecule has 17 heavy (non-hydrogen) atoms. The number of anilines is 1. The Bertz CT molecular complexity index is 509. The molecule has 1 aromatic carbocycles. The quantitative estimate of drug-likeness (QED) is 0.716. The smallest absolute Gasteiger partial charge is 0.262 e. The van der Waals surface area contributed by atoms with E-state index in [1.54, 1.807) is 4.90 Å². The van der Waals surface area contributed by atoms with Crippen LogP contribution in [-0.4, -0.2) is 49.0 Å². The zero-order chi connectivity index (χ0) is 12.0. The van der Waals surface area contributed by atoms with E-state index in [0.717, 1.165) is 17.2 Å². The third-order valence-electron chi connectivity index (χ3n) is 3.02. The number of fused-ring (bicyclic) bond motifs is 2. The first kappa shape index (κ1) is 10.3. The first-order valence-electron chi connectivity index (χ1n) is 5.63. The summed E-state index contributed by atoms with van der Waals surface area (Å²) in [7, 11) is 3.90. The lowest BCUT2D eigenvalue weighted by Crippen LogP contribution is -2.54. The molecule has 0 unspecified atom stereocenters. The Morgan fingerprint density at radius 1 is 1.29 bits per heavy atom. The molecule has 88 valence electrons. The largest absolute Gasteiger partial charge is 0.275 e. The standard InChI is InChI=1S/C12H14N4O/c1-14(2)16-10-6-4-3-5-9(10)11(17)15-8-7-13-12(15)16/h3-6H,7-8H2,1-2H3. The minimum absolute atomic E-state index is 0.0509. The van der Waals surface area contributed by atoms with Gasteiger partial charge in [0, 0.05) is 20.6 Å². The first-order valence-corrected chi connectivity index (χ1v) is 5.63. The van der Waals surface area contributed by atoms with Crippen molar-refractivity contribution in [1.82, 2.24) is 9.91 Å². The highest BCUT2D eigenvalue weighted by Crippen LogP contribution is 2.30. The number of hydrogen-bond donors (Lipinski definition) is 0. The molecule has 0 fully saturated rings. The van der Waals surface area contributed by atoms with Crippen LogP contribution in [0, 0.1) is 0 Å². The van der Waals surface area contributed by atoms with Crippen LogP contribution in [-0.2, 0) is 0 Å². The van der Waals surface area contributed by atoms with Crippen LogP contribution in [0.2, 0.25) is 0 Å². The molecule has 0 bridgehead atoms. The Labute approximate surface area is 99.9 Å². The van der Waals surface area contributed by atoms with Gasteiger partial charge in [-0.2, -0.15) is 0 Å². The average Bonchev–Trinajstić information content (AvgIpc) is 2.78. The van der Waals surface area contributed by atoms with Crippen LogP contribution in [0.15, 0.2) is 29.3 Å².